The van der Waals surface area contributed by atoms with Crippen LogP contribution in [-0.2, 0) is 4.74 Å². The van der Waals surface area contributed by atoms with Gasteiger partial charge in [-0.1, -0.05) is 25.7 Å². The number of piperidine rings is 1. The molecular weight excluding hydrogens is 362 g/mol. The van der Waals surface area contributed by atoms with Gasteiger partial charge in [-0.2, -0.15) is 0 Å². The molecule has 0 amide bonds. The Hall–Kier alpha value is -0.850. The van der Waals surface area contributed by atoms with Gasteiger partial charge in [0.25, 0.3) is 0 Å². The van der Waals surface area contributed by atoms with E-state index in [1.165, 1.54) is 70.9 Å². The fourth-order valence-electron chi connectivity index (χ4n) is 5.98. The molecule has 1 atom stereocenters. The maximum Gasteiger partial charge on any atom is 0.194 e. The van der Waals surface area contributed by atoms with Crippen molar-refractivity contribution in [1.29, 1.82) is 0 Å². The molecule has 0 spiro atoms. The van der Waals surface area contributed by atoms with E-state index in [-0.39, 0.29) is 0 Å². The molecule has 0 aromatic rings. The third kappa shape index (κ3) is 5.26. The molecule has 0 radical (unpaired) electrons. The van der Waals surface area contributed by atoms with Crippen molar-refractivity contribution in [2.45, 2.75) is 76.3 Å². The van der Waals surface area contributed by atoms with Gasteiger partial charge in [0.15, 0.2) is 5.96 Å². The molecule has 1 saturated carbocycles. The summed E-state index contributed by atoms with van der Waals surface area (Å²) in [5.41, 5.74) is 0.322. The van der Waals surface area contributed by atoms with Gasteiger partial charge in [0.2, 0.25) is 0 Å². The van der Waals surface area contributed by atoms with Gasteiger partial charge < -0.3 is 15.0 Å². The van der Waals surface area contributed by atoms with Crippen molar-refractivity contribution in [3.63, 3.8) is 0 Å². The Morgan fingerprint density at radius 2 is 1.69 bits per heavy atom. The molecule has 1 N–H and O–H groups in total. The standard InChI is InChI=1S/C23H43N5O/c1-2-24-22(27-14-9-21(19-27)26-15-17-29-18-16-26)25-20-23(10-5-3-6-11-23)28-12-7-4-8-13-28/h21H,2-20H2,1H3,(H,24,25). The lowest BCUT2D eigenvalue weighted by molar-refractivity contribution is 0.0194. The van der Waals surface area contributed by atoms with Gasteiger partial charge >= 0.3 is 0 Å². The number of nitrogens with zero attached hydrogens (tertiary/aromatic N) is 4. The zero-order chi connectivity index (χ0) is 19.9. The molecule has 3 aliphatic heterocycles. The van der Waals surface area contributed by atoms with Crippen molar-refractivity contribution < 1.29 is 4.74 Å². The fourth-order valence-corrected chi connectivity index (χ4v) is 5.98. The molecule has 166 valence electrons. The third-order valence-corrected chi connectivity index (χ3v) is 7.69. The molecule has 0 aromatic heterocycles. The Morgan fingerprint density at radius 1 is 0.966 bits per heavy atom. The highest BCUT2D eigenvalue weighted by atomic mass is 16.5. The van der Waals surface area contributed by atoms with Crippen LogP contribution in [0.1, 0.15) is 64.7 Å². The van der Waals surface area contributed by atoms with E-state index in [4.69, 9.17) is 9.73 Å². The molecule has 3 heterocycles. The first-order valence-electron chi connectivity index (χ1n) is 12.4. The minimum atomic E-state index is 0.322. The first-order chi connectivity index (χ1) is 14.3. The lowest BCUT2D eigenvalue weighted by Crippen LogP contribution is -2.55. The van der Waals surface area contributed by atoms with E-state index in [9.17, 15) is 0 Å². The van der Waals surface area contributed by atoms with Gasteiger partial charge in [0.05, 0.1) is 19.8 Å². The first-order valence-corrected chi connectivity index (χ1v) is 12.4. The number of likely N-dealkylation sites (tertiary alicyclic amines) is 2. The number of ether oxygens (including phenoxy) is 1. The maximum absolute atomic E-state index is 5.55. The van der Waals surface area contributed by atoms with Gasteiger partial charge in [0.1, 0.15) is 0 Å². The monoisotopic (exact) mass is 405 g/mol. The molecule has 4 fully saturated rings. The minimum Gasteiger partial charge on any atom is -0.379 e. The highest BCUT2D eigenvalue weighted by molar-refractivity contribution is 5.80. The second-order valence-corrected chi connectivity index (χ2v) is 9.54. The third-order valence-electron chi connectivity index (χ3n) is 7.69. The number of hydrogen-bond donors (Lipinski definition) is 1. The smallest absolute Gasteiger partial charge is 0.194 e. The number of rotatable bonds is 5. The highest BCUT2D eigenvalue weighted by Gasteiger charge is 2.39. The molecule has 1 unspecified atom stereocenters. The Balaban J connectivity index is 1.42. The Morgan fingerprint density at radius 3 is 2.41 bits per heavy atom. The van der Waals surface area contributed by atoms with E-state index >= 15 is 0 Å². The molecule has 3 saturated heterocycles. The SMILES string of the molecule is CCNC(=NCC1(N2CCCCC2)CCCCC1)N1CCC(N2CCOCC2)C1. The molecule has 6 nitrogen and oxygen atoms in total. The normalized spacial score (nSPS) is 29.9. The van der Waals surface area contributed by atoms with E-state index in [1.54, 1.807) is 0 Å². The molecule has 29 heavy (non-hydrogen) atoms. The van der Waals surface area contributed by atoms with Crippen LogP contribution in [0.4, 0.5) is 0 Å². The minimum absolute atomic E-state index is 0.322. The van der Waals surface area contributed by atoms with Gasteiger partial charge in [-0.05, 0) is 52.1 Å². The molecule has 0 aromatic carbocycles. The van der Waals surface area contributed by atoms with E-state index in [0.717, 1.165) is 58.4 Å². The topological polar surface area (TPSA) is 43.3 Å². The summed E-state index contributed by atoms with van der Waals surface area (Å²) in [7, 11) is 0. The Labute approximate surface area is 178 Å². The molecule has 4 rings (SSSR count). The summed E-state index contributed by atoms with van der Waals surface area (Å²) in [4.78, 5) is 13.3. The van der Waals surface area contributed by atoms with E-state index in [1.807, 2.05) is 0 Å². The predicted octanol–water partition coefficient (Wildman–Crippen LogP) is 2.55. The van der Waals surface area contributed by atoms with Crippen molar-refractivity contribution in [3.8, 4) is 0 Å². The fraction of sp³-hybridized carbons (Fsp3) is 0.957. The van der Waals surface area contributed by atoms with Crippen molar-refractivity contribution >= 4 is 5.96 Å². The first kappa shape index (κ1) is 21.4. The van der Waals surface area contributed by atoms with Crippen LogP contribution in [-0.4, -0.2) is 97.8 Å². The second-order valence-electron chi connectivity index (χ2n) is 9.54. The number of nitrogens with one attached hydrogen (secondary N) is 1. The Bertz CT molecular complexity index is 521. The number of guanidine groups is 1. The van der Waals surface area contributed by atoms with Crippen molar-refractivity contribution in [1.82, 2.24) is 20.0 Å². The van der Waals surface area contributed by atoms with Gasteiger partial charge in [-0.3, -0.25) is 14.8 Å². The van der Waals surface area contributed by atoms with Crippen LogP contribution < -0.4 is 5.32 Å². The van der Waals surface area contributed by atoms with Crippen molar-refractivity contribution in [3.05, 3.63) is 0 Å². The predicted molar refractivity (Wildman–Crippen MR) is 120 cm³/mol. The van der Waals surface area contributed by atoms with Crippen molar-refractivity contribution in [2.75, 3.05) is 65.6 Å². The summed E-state index contributed by atoms with van der Waals surface area (Å²) in [6.07, 6.45) is 12.3. The van der Waals surface area contributed by atoms with Gasteiger partial charge in [0, 0.05) is 44.3 Å². The number of morpholine rings is 1. The zero-order valence-corrected chi connectivity index (χ0v) is 18.7. The maximum atomic E-state index is 5.55. The van der Waals surface area contributed by atoms with Crippen molar-refractivity contribution in [2.24, 2.45) is 4.99 Å². The largest absolute Gasteiger partial charge is 0.379 e. The average molecular weight is 406 g/mol. The molecule has 4 aliphatic rings. The van der Waals surface area contributed by atoms with Crippen LogP contribution >= 0.6 is 0 Å². The van der Waals surface area contributed by atoms with Crippen LogP contribution in [0.3, 0.4) is 0 Å². The number of aliphatic imine (C=N–C) groups is 1. The lowest BCUT2D eigenvalue weighted by Gasteiger charge is -2.47. The van der Waals surface area contributed by atoms with Crippen LogP contribution in [0.5, 0.6) is 0 Å². The highest BCUT2D eigenvalue weighted by Crippen LogP contribution is 2.36. The summed E-state index contributed by atoms with van der Waals surface area (Å²) in [5.74, 6) is 1.16. The molecule has 0 bridgehead atoms. The van der Waals surface area contributed by atoms with E-state index in [2.05, 4.69) is 26.9 Å². The van der Waals surface area contributed by atoms with Crippen LogP contribution in [0.25, 0.3) is 0 Å². The summed E-state index contributed by atoms with van der Waals surface area (Å²) in [6, 6.07) is 0.661. The molecule has 6 heteroatoms. The quantitative estimate of drug-likeness (QED) is 0.562. The zero-order valence-electron chi connectivity index (χ0n) is 18.7. The lowest BCUT2D eigenvalue weighted by atomic mass is 9.79. The van der Waals surface area contributed by atoms with E-state index < -0.39 is 0 Å². The van der Waals surface area contributed by atoms with Gasteiger partial charge in [-0.15, -0.1) is 0 Å². The van der Waals surface area contributed by atoms with E-state index in [0.29, 0.717) is 11.6 Å². The second kappa shape index (κ2) is 10.5. The summed E-state index contributed by atoms with van der Waals surface area (Å²) in [5, 5.41) is 3.62. The Kier molecular flexibility index (Phi) is 7.71. The average Bonchev–Trinajstić information content (AvgIpc) is 3.29. The van der Waals surface area contributed by atoms with Gasteiger partial charge in [-0.25, -0.2) is 0 Å². The number of hydrogen-bond acceptors (Lipinski definition) is 4. The summed E-state index contributed by atoms with van der Waals surface area (Å²) in [6.45, 7) is 12.9. The summed E-state index contributed by atoms with van der Waals surface area (Å²) >= 11 is 0. The molecular formula is C23H43N5O. The van der Waals surface area contributed by atoms with Crippen LogP contribution in [0, 0.1) is 0 Å². The summed E-state index contributed by atoms with van der Waals surface area (Å²) < 4.78 is 5.55. The van der Waals surface area contributed by atoms with Crippen LogP contribution in [0.2, 0.25) is 0 Å². The molecule has 1 aliphatic carbocycles. The van der Waals surface area contributed by atoms with Crippen LogP contribution in [0.15, 0.2) is 4.99 Å².